The molecule has 1 unspecified atom stereocenters. The Kier molecular flexibility index (Phi) is 4.89. The minimum Gasteiger partial charge on any atom is -0.490 e. The van der Waals surface area contributed by atoms with Crippen molar-refractivity contribution in [3.63, 3.8) is 0 Å². The Morgan fingerprint density at radius 3 is 3.05 bits per heavy atom. The first-order valence-electron chi connectivity index (χ1n) is 6.50. The van der Waals surface area contributed by atoms with Crippen molar-refractivity contribution in [3.05, 3.63) is 33.9 Å². The summed E-state index contributed by atoms with van der Waals surface area (Å²) in [5.74, 6) is 0.579. The van der Waals surface area contributed by atoms with Crippen molar-refractivity contribution in [2.75, 3.05) is 33.4 Å². The quantitative estimate of drug-likeness (QED) is 0.633. The fraction of sp³-hybridized carbons (Fsp3) is 0.538. The third-order valence-electron chi connectivity index (χ3n) is 3.24. The Balaban J connectivity index is 2.00. The summed E-state index contributed by atoms with van der Waals surface area (Å²) in [6.45, 7) is 3.03. The van der Waals surface area contributed by atoms with Gasteiger partial charge in [-0.05, 0) is 13.1 Å². The van der Waals surface area contributed by atoms with E-state index in [4.69, 9.17) is 15.2 Å². The van der Waals surface area contributed by atoms with Crippen molar-refractivity contribution in [2.24, 2.45) is 5.73 Å². The number of non-ortho nitro benzene ring substituents is 1. The molecule has 20 heavy (non-hydrogen) atoms. The summed E-state index contributed by atoms with van der Waals surface area (Å²) >= 11 is 0. The monoisotopic (exact) mass is 281 g/mol. The summed E-state index contributed by atoms with van der Waals surface area (Å²) in [6.07, 6.45) is 0.00886. The van der Waals surface area contributed by atoms with Crippen molar-refractivity contribution >= 4 is 5.69 Å². The predicted molar refractivity (Wildman–Crippen MR) is 73.7 cm³/mol. The molecule has 0 radical (unpaired) electrons. The number of hydrogen-bond donors (Lipinski definition) is 1. The first-order chi connectivity index (χ1) is 9.60. The topological polar surface area (TPSA) is 90.9 Å². The van der Waals surface area contributed by atoms with Crippen molar-refractivity contribution in [1.82, 2.24) is 4.90 Å². The Morgan fingerprint density at radius 2 is 2.40 bits per heavy atom. The lowest BCUT2D eigenvalue weighted by molar-refractivity contribution is -0.384. The number of nitro groups is 1. The predicted octanol–water partition coefficient (Wildman–Crippen LogP) is 0.763. The molecule has 0 aliphatic carbocycles. The van der Waals surface area contributed by atoms with Crippen LogP contribution in [0.2, 0.25) is 0 Å². The van der Waals surface area contributed by atoms with Gasteiger partial charge in [-0.3, -0.25) is 10.1 Å². The van der Waals surface area contributed by atoms with Gasteiger partial charge in [-0.1, -0.05) is 0 Å². The molecule has 7 heteroatoms. The number of rotatable bonds is 5. The molecule has 2 rings (SSSR count). The second-order valence-electron chi connectivity index (χ2n) is 4.82. The van der Waals surface area contributed by atoms with Crippen LogP contribution in [-0.2, 0) is 11.3 Å². The molecule has 0 saturated carbocycles. The second-order valence-corrected chi connectivity index (χ2v) is 4.82. The summed E-state index contributed by atoms with van der Waals surface area (Å²) in [4.78, 5) is 12.5. The highest BCUT2D eigenvalue weighted by atomic mass is 16.6. The number of nitro benzene ring substituents is 1. The van der Waals surface area contributed by atoms with Gasteiger partial charge in [0.25, 0.3) is 5.69 Å². The zero-order valence-electron chi connectivity index (χ0n) is 11.4. The Bertz CT molecular complexity index is 481. The molecule has 0 amide bonds. The van der Waals surface area contributed by atoms with E-state index >= 15 is 0 Å². The zero-order valence-corrected chi connectivity index (χ0v) is 11.4. The number of likely N-dealkylation sites (N-methyl/N-ethyl adjacent to an activating group) is 1. The maximum absolute atomic E-state index is 10.7. The molecule has 1 aliphatic heterocycles. The molecule has 110 valence electrons. The van der Waals surface area contributed by atoms with Crippen LogP contribution in [0.5, 0.6) is 5.75 Å². The highest BCUT2D eigenvalue weighted by Crippen LogP contribution is 2.24. The molecule has 7 nitrogen and oxygen atoms in total. The summed E-state index contributed by atoms with van der Waals surface area (Å²) in [7, 11) is 2.03. The largest absolute Gasteiger partial charge is 0.490 e. The third-order valence-corrected chi connectivity index (χ3v) is 3.24. The van der Waals surface area contributed by atoms with Gasteiger partial charge in [-0.15, -0.1) is 0 Å². The summed E-state index contributed by atoms with van der Waals surface area (Å²) in [5, 5.41) is 10.7. The van der Waals surface area contributed by atoms with Crippen LogP contribution in [0.25, 0.3) is 0 Å². The number of ether oxygens (including phenoxy) is 2. The van der Waals surface area contributed by atoms with Crippen LogP contribution in [0.4, 0.5) is 5.69 Å². The van der Waals surface area contributed by atoms with E-state index in [0.717, 1.165) is 13.1 Å². The minimum absolute atomic E-state index is 0.00886. The van der Waals surface area contributed by atoms with Gasteiger partial charge in [0, 0.05) is 37.3 Å². The summed E-state index contributed by atoms with van der Waals surface area (Å²) in [6, 6.07) is 4.46. The zero-order chi connectivity index (χ0) is 14.5. The van der Waals surface area contributed by atoms with E-state index in [9.17, 15) is 10.1 Å². The van der Waals surface area contributed by atoms with E-state index in [-0.39, 0.29) is 18.3 Å². The first-order valence-corrected chi connectivity index (χ1v) is 6.50. The lowest BCUT2D eigenvalue weighted by Crippen LogP contribution is -2.42. The molecular weight excluding hydrogens is 262 g/mol. The molecule has 1 atom stereocenters. The minimum atomic E-state index is -0.442. The molecule has 1 heterocycles. The highest BCUT2D eigenvalue weighted by Gasteiger charge is 2.19. The van der Waals surface area contributed by atoms with E-state index in [0.29, 0.717) is 24.5 Å². The molecule has 1 fully saturated rings. The Hall–Kier alpha value is -1.70. The van der Waals surface area contributed by atoms with E-state index in [1.807, 2.05) is 7.05 Å². The Morgan fingerprint density at radius 1 is 1.60 bits per heavy atom. The number of morpholine rings is 1. The number of hydrogen-bond acceptors (Lipinski definition) is 6. The van der Waals surface area contributed by atoms with E-state index in [1.165, 1.54) is 12.1 Å². The molecule has 0 bridgehead atoms. The Labute approximate surface area is 117 Å². The van der Waals surface area contributed by atoms with Crippen molar-refractivity contribution in [1.29, 1.82) is 0 Å². The first kappa shape index (κ1) is 14.7. The van der Waals surface area contributed by atoms with Gasteiger partial charge in [0.2, 0.25) is 0 Å². The van der Waals surface area contributed by atoms with Crippen LogP contribution in [-0.4, -0.2) is 49.3 Å². The molecule has 1 aromatic rings. The van der Waals surface area contributed by atoms with Gasteiger partial charge in [0.15, 0.2) is 0 Å². The number of benzene rings is 1. The summed E-state index contributed by atoms with van der Waals surface area (Å²) < 4.78 is 11.3. The molecule has 1 aromatic carbocycles. The van der Waals surface area contributed by atoms with Crippen LogP contribution >= 0.6 is 0 Å². The highest BCUT2D eigenvalue weighted by molar-refractivity contribution is 5.43. The maximum Gasteiger partial charge on any atom is 0.270 e. The van der Waals surface area contributed by atoms with Crippen LogP contribution in [0.1, 0.15) is 5.56 Å². The molecule has 2 N–H and O–H groups in total. The van der Waals surface area contributed by atoms with E-state index in [1.54, 1.807) is 6.07 Å². The SMILES string of the molecule is CN1CCOC(COc2ccc([N+](=O)[O-])cc2CN)C1. The average molecular weight is 281 g/mol. The van der Waals surface area contributed by atoms with Crippen LogP contribution in [0, 0.1) is 10.1 Å². The summed E-state index contributed by atoms with van der Waals surface area (Å²) in [5.41, 5.74) is 6.26. The van der Waals surface area contributed by atoms with Gasteiger partial charge in [-0.25, -0.2) is 0 Å². The molecule has 0 spiro atoms. The van der Waals surface area contributed by atoms with Crippen molar-refractivity contribution in [3.8, 4) is 5.75 Å². The van der Waals surface area contributed by atoms with Gasteiger partial charge in [0.1, 0.15) is 18.5 Å². The lowest BCUT2D eigenvalue weighted by atomic mass is 10.2. The number of nitrogens with zero attached hydrogens (tertiary/aromatic N) is 2. The lowest BCUT2D eigenvalue weighted by Gasteiger charge is -2.30. The fourth-order valence-electron chi connectivity index (χ4n) is 2.13. The normalized spacial score (nSPS) is 19.8. The third kappa shape index (κ3) is 3.66. The van der Waals surface area contributed by atoms with Gasteiger partial charge < -0.3 is 20.1 Å². The van der Waals surface area contributed by atoms with Gasteiger partial charge in [0.05, 0.1) is 11.5 Å². The van der Waals surface area contributed by atoms with Crippen LogP contribution < -0.4 is 10.5 Å². The van der Waals surface area contributed by atoms with Gasteiger partial charge >= 0.3 is 0 Å². The van der Waals surface area contributed by atoms with Crippen molar-refractivity contribution < 1.29 is 14.4 Å². The van der Waals surface area contributed by atoms with Crippen LogP contribution in [0.15, 0.2) is 18.2 Å². The van der Waals surface area contributed by atoms with E-state index in [2.05, 4.69) is 4.90 Å². The van der Waals surface area contributed by atoms with Crippen molar-refractivity contribution in [2.45, 2.75) is 12.6 Å². The number of nitrogens with two attached hydrogens (primary N) is 1. The molecular formula is C13H19N3O4. The molecule has 1 aliphatic rings. The fourth-order valence-corrected chi connectivity index (χ4v) is 2.13. The van der Waals surface area contributed by atoms with Gasteiger partial charge in [-0.2, -0.15) is 0 Å². The smallest absolute Gasteiger partial charge is 0.270 e. The maximum atomic E-state index is 10.7. The van der Waals surface area contributed by atoms with Crippen LogP contribution in [0.3, 0.4) is 0 Å². The molecule has 0 aromatic heterocycles. The average Bonchev–Trinajstić information content (AvgIpc) is 2.45. The molecule has 1 saturated heterocycles. The standard InChI is InChI=1S/C13H19N3O4/c1-15-4-5-19-12(8-15)9-20-13-3-2-11(16(17)18)6-10(13)7-14/h2-3,6,12H,4-5,7-9,14H2,1H3. The second kappa shape index (κ2) is 6.65. The van der Waals surface area contributed by atoms with E-state index < -0.39 is 4.92 Å².